The lowest BCUT2D eigenvalue weighted by Crippen LogP contribution is -2.04. The van der Waals surface area contributed by atoms with Gasteiger partial charge in [-0.15, -0.1) is 0 Å². The number of rotatable bonds is 4. The van der Waals surface area contributed by atoms with Crippen LogP contribution in [0.15, 0.2) is 59.3 Å². The minimum absolute atomic E-state index is 0.238. The monoisotopic (exact) mass is 294 g/mol. The Morgan fingerprint density at radius 3 is 2.73 bits per heavy atom. The Hall–Kier alpha value is -2.95. The number of carbonyl (C=O) groups excluding carboxylic acids is 1. The van der Waals surface area contributed by atoms with Gasteiger partial charge in [-0.25, -0.2) is 14.8 Å². The molecule has 0 saturated heterocycles. The number of benzene rings is 1. The Balaban J connectivity index is 1.93. The van der Waals surface area contributed by atoms with Crippen molar-refractivity contribution < 1.29 is 13.9 Å². The summed E-state index contributed by atoms with van der Waals surface area (Å²) in [7, 11) is 1.33. The zero-order chi connectivity index (χ0) is 15.4. The van der Waals surface area contributed by atoms with E-state index in [0.29, 0.717) is 17.9 Å². The molecular weight excluding hydrogens is 280 g/mol. The van der Waals surface area contributed by atoms with Crippen LogP contribution in [0.2, 0.25) is 0 Å². The van der Waals surface area contributed by atoms with Gasteiger partial charge in [0.05, 0.1) is 12.8 Å². The number of hydrogen-bond donors (Lipinski definition) is 0. The second-order valence-corrected chi connectivity index (χ2v) is 4.69. The zero-order valence-corrected chi connectivity index (χ0v) is 12.0. The Kier molecular flexibility index (Phi) is 3.96. The van der Waals surface area contributed by atoms with Crippen molar-refractivity contribution in [1.82, 2.24) is 9.97 Å². The van der Waals surface area contributed by atoms with Crippen molar-refractivity contribution >= 4 is 5.97 Å². The summed E-state index contributed by atoms with van der Waals surface area (Å²) in [5.41, 5.74) is 2.70. The van der Waals surface area contributed by atoms with Gasteiger partial charge in [0.15, 0.2) is 12.2 Å². The highest BCUT2D eigenvalue weighted by Gasteiger charge is 2.15. The summed E-state index contributed by atoms with van der Waals surface area (Å²) in [6.45, 7) is 0. The van der Waals surface area contributed by atoms with E-state index in [1.807, 2.05) is 30.3 Å². The molecule has 110 valence electrons. The summed E-state index contributed by atoms with van der Waals surface area (Å²) < 4.78 is 10.2. The second kappa shape index (κ2) is 6.22. The first kappa shape index (κ1) is 14.0. The van der Waals surface area contributed by atoms with Crippen molar-refractivity contribution in [3.05, 3.63) is 71.9 Å². The molecule has 0 aliphatic carbocycles. The fourth-order valence-electron chi connectivity index (χ4n) is 2.17. The molecule has 5 nitrogen and oxygen atoms in total. The number of oxazole rings is 1. The number of methoxy groups -OCH3 is 1. The fraction of sp³-hybridized carbons (Fsp3) is 0.118. The molecule has 2 heterocycles. The third-order valence-electron chi connectivity index (χ3n) is 3.23. The van der Waals surface area contributed by atoms with E-state index in [-0.39, 0.29) is 5.69 Å². The van der Waals surface area contributed by atoms with Crippen LogP contribution in [0, 0.1) is 0 Å². The highest BCUT2D eigenvalue weighted by atomic mass is 16.5. The quantitative estimate of drug-likeness (QED) is 0.692. The van der Waals surface area contributed by atoms with E-state index >= 15 is 0 Å². The number of aromatic nitrogens is 2. The van der Waals surface area contributed by atoms with Crippen molar-refractivity contribution in [3.63, 3.8) is 0 Å². The third kappa shape index (κ3) is 2.88. The zero-order valence-electron chi connectivity index (χ0n) is 12.0. The summed E-state index contributed by atoms with van der Waals surface area (Å²) in [6, 6.07) is 15.1. The molecule has 0 bridgehead atoms. The minimum Gasteiger partial charge on any atom is -0.464 e. The largest absolute Gasteiger partial charge is 0.464 e. The minimum atomic E-state index is -0.481. The summed E-state index contributed by atoms with van der Waals surface area (Å²) >= 11 is 0. The summed E-state index contributed by atoms with van der Waals surface area (Å²) in [6.07, 6.45) is 2.02. The predicted molar refractivity (Wildman–Crippen MR) is 80.3 cm³/mol. The average Bonchev–Trinajstić information content (AvgIpc) is 3.03. The molecule has 1 aromatic carbocycles. The van der Waals surface area contributed by atoms with Crippen LogP contribution in [0.5, 0.6) is 0 Å². The van der Waals surface area contributed by atoms with Gasteiger partial charge in [-0.2, -0.15) is 0 Å². The first-order chi connectivity index (χ1) is 10.8. The normalized spacial score (nSPS) is 10.4. The van der Waals surface area contributed by atoms with Gasteiger partial charge < -0.3 is 9.15 Å². The maximum absolute atomic E-state index is 11.6. The molecule has 0 N–H and O–H groups in total. The molecule has 0 amide bonds. The van der Waals surface area contributed by atoms with Crippen LogP contribution in [-0.4, -0.2) is 23.0 Å². The van der Waals surface area contributed by atoms with Crippen LogP contribution in [-0.2, 0) is 11.2 Å². The first-order valence-corrected chi connectivity index (χ1v) is 6.80. The lowest BCUT2D eigenvalue weighted by molar-refractivity contribution is 0.0594. The number of nitrogens with zero attached hydrogens (tertiary/aromatic N) is 2. The predicted octanol–water partition coefficient (Wildman–Crippen LogP) is 3.11. The third-order valence-corrected chi connectivity index (χ3v) is 3.23. The number of ether oxygens (including phenoxy) is 1. The van der Waals surface area contributed by atoms with Crippen LogP contribution in [0.25, 0.3) is 11.5 Å². The van der Waals surface area contributed by atoms with Crippen LogP contribution in [0.4, 0.5) is 0 Å². The second-order valence-electron chi connectivity index (χ2n) is 4.69. The molecule has 2 aromatic heterocycles. The SMILES string of the molecule is COC(=O)c1cccc(-c2ocnc2Cc2ccccc2)n1. The summed E-state index contributed by atoms with van der Waals surface area (Å²) in [4.78, 5) is 20.1. The van der Waals surface area contributed by atoms with E-state index in [1.54, 1.807) is 18.2 Å². The van der Waals surface area contributed by atoms with Crippen molar-refractivity contribution in [2.75, 3.05) is 7.11 Å². The van der Waals surface area contributed by atoms with Crippen LogP contribution in [0.3, 0.4) is 0 Å². The number of carbonyl (C=O) groups is 1. The van der Waals surface area contributed by atoms with E-state index in [2.05, 4.69) is 14.7 Å². The lowest BCUT2D eigenvalue weighted by Gasteiger charge is -2.03. The van der Waals surface area contributed by atoms with Crippen LogP contribution in [0.1, 0.15) is 21.7 Å². The van der Waals surface area contributed by atoms with Gasteiger partial charge >= 0.3 is 5.97 Å². The number of hydrogen-bond acceptors (Lipinski definition) is 5. The van der Waals surface area contributed by atoms with Gasteiger partial charge in [0.1, 0.15) is 11.4 Å². The van der Waals surface area contributed by atoms with E-state index in [4.69, 9.17) is 4.42 Å². The standard InChI is InChI=1S/C17H14N2O3/c1-21-17(20)14-9-5-8-13(19-14)16-15(18-11-22-16)10-12-6-3-2-4-7-12/h2-9,11H,10H2,1H3. The van der Waals surface area contributed by atoms with Crippen molar-refractivity contribution in [3.8, 4) is 11.5 Å². The lowest BCUT2D eigenvalue weighted by atomic mass is 10.1. The average molecular weight is 294 g/mol. The molecule has 0 fully saturated rings. The van der Waals surface area contributed by atoms with Gasteiger partial charge in [0.2, 0.25) is 0 Å². The van der Waals surface area contributed by atoms with Gasteiger partial charge in [0.25, 0.3) is 0 Å². The van der Waals surface area contributed by atoms with E-state index in [9.17, 15) is 4.79 Å². The number of esters is 1. The highest BCUT2D eigenvalue weighted by molar-refractivity contribution is 5.87. The molecule has 0 radical (unpaired) electrons. The molecule has 5 heteroatoms. The van der Waals surface area contributed by atoms with Gasteiger partial charge in [-0.3, -0.25) is 0 Å². The van der Waals surface area contributed by atoms with Crippen molar-refractivity contribution in [2.24, 2.45) is 0 Å². The van der Waals surface area contributed by atoms with Crippen LogP contribution < -0.4 is 0 Å². The van der Waals surface area contributed by atoms with Crippen LogP contribution >= 0.6 is 0 Å². The van der Waals surface area contributed by atoms with E-state index in [0.717, 1.165) is 11.3 Å². The van der Waals surface area contributed by atoms with Gasteiger partial charge in [0, 0.05) is 6.42 Å². The Labute approximate surface area is 127 Å². The summed E-state index contributed by atoms with van der Waals surface area (Å²) in [5, 5.41) is 0. The molecule has 0 aliphatic rings. The number of pyridine rings is 1. The Bertz CT molecular complexity index is 781. The van der Waals surface area contributed by atoms with Gasteiger partial charge in [-0.05, 0) is 17.7 Å². The Morgan fingerprint density at radius 1 is 1.14 bits per heavy atom. The molecule has 0 aliphatic heterocycles. The fourth-order valence-corrected chi connectivity index (χ4v) is 2.17. The van der Waals surface area contributed by atoms with Gasteiger partial charge in [-0.1, -0.05) is 36.4 Å². The molecule has 22 heavy (non-hydrogen) atoms. The molecule has 0 atom stereocenters. The first-order valence-electron chi connectivity index (χ1n) is 6.80. The Morgan fingerprint density at radius 2 is 1.95 bits per heavy atom. The van der Waals surface area contributed by atoms with E-state index in [1.165, 1.54) is 13.5 Å². The topological polar surface area (TPSA) is 65.2 Å². The molecule has 3 rings (SSSR count). The molecule has 0 spiro atoms. The highest BCUT2D eigenvalue weighted by Crippen LogP contribution is 2.23. The molecule has 3 aromatic rings. The molecular formula is C17H14N2O3. The maximum atomic E-state index is 11.6. The van der Waals surface area contributed by atoms with Crippen molar-refractivity contribution in [2.45, 2.75) is 6.42 Å². The van der Waals surface area contributed by atoms with Crippen molar-refractivity contribution in [1.29, 1.82) is 0 Å². The van der Waals surface area contributed by atoms with E-state index < -0.39 is 5.97 Å². The maximum Gasteiger partial charge on any atom is 0.356 e. The summed E-state index contributed by atoms with van der Waals surface area (Å²) in [5.74, 6) is 0.0839. The molecule has 0 saturated carbocycles. The molecule has 0 unspecified atom stereocenters. The smallest absolute Gasteiger partial charge is 0.356 e.